The van der Waals surface area contributed by atoms with Gasteiger partial charge in [0.2, 0.25) is 0 Å². The van der Waals surface area contributed by atoms with Crippen molar-refractivity contribution in [3.8, 4) is 5.75 Å². The molecule has 1 amide bonds. The van der Waals surface area contributed by atoms with Gasteiger partial charge in [0.25, 0.3) is 5.91 Å². The maximum absolute atomic E-state index is 12.3. The Morgan fingerprint density at radius 3 is 2.46 bits per heavy atom. The Bertz CT molecular complexity index is 861. The van der Waals surface area contributed by atoms with E-state index in [1.807, 2.05) is 24.3 Å². The number of amides is 1. The fourth-order valence-corrected chi connectivity index (χ4v) is 4.11. The molecule has 1 aliphatic heterocycles. The minimum atomic E-state index is -0.233. The van der Waals surface area contributed by atoms with E-state index < -0.39 is 0 Å². The number of aromatic hydroxyl groups is 1. The maximum atomic E-state index is 12.3. The molecule has 28 heavy (non-hydrogen) atoms. The lowest BCUT2D eigenvalue weighted by molar-refractivity contribution is -0.116. The summed E-state index contributed by atoms with van der Waals surface area (Å²) >= 11 is 1.41. The van der Waals surface area contributed by atoms with E-state index in [2.05, 4.69) is 48.4 Å². The first-order valence-electron chi connectivity index (χ1n) is 9.66. The van der Waals surface area contributed by atoms with Crippen LogP contribution in [0.4, 0.5) is 11.4 Å². The summed E-state index contributed by atoms with van der Waals surface area (Å²) in [4.78, 5) is 15.1. The molecule has 0 bridgehead atoms. The van der Waals surface area contributed by atoms with Crippen LogP contribution in [-0.2, 0) is 11.2 Å². The normalized spacial score (nSPS) is 17.6. The summed E-state index contributed by atoms with van der Waals surface area (Å²) in [6.45, 7) is 8.04. The predicted octanol–water partition coefficient (Wildman–Crippen LogP) is 4.40. The Balaban J connectivity index is 1.71. The number of hydrogen-bond donors (Lipinski definition) is 3. The van der Waals surface area contributed by atoms with Crippen LogP contribution in [-0.4, -0.2) is 29.6 Å². The largest absolute Gasteiger partial charge is 0.507 e. The smallest absolute Gasteiger partial charge is 0.260 e. The fraction of sp³-hybridized carbons (Fsp3) is 0.318. The average molecular weight is 398 g/mol. The van der Waals surface area contributed by atoms with E-state index >= 15 is 0 Å². The summed E-state index contributed by atoms with van der Waals surface area (Å²) < 4.78 is 0. The van der Waals surface area contributed by atoms with Crippen LogP contribution in [0.25, 0.3) is 6.08 Å². The van der Waals surface area contributed by atoms with E-state index in [4.69, 9.17) is 0 Å². The topological polar surface area (TPSA) is 64.6 Å². The number of hydrogen-bond acceptors (Lipinski definition) is 5. The van der Waals surface area contributed by atoms with Gasteiger partial charge in [-0.3, -0.25) is 4.79 Å². The van der Waals surface area contributed by atoms with Gasteiger partial charge >= 0.3 is 0 Å². The minimum Gasteiger partial charge on any atom is -0.507 e. The van der Waals surface area contributed by atoms with Crippen molar-refractivity contribution in [3.63, 3.8) is 0 Å². The van der Waals surface area contributed by atoms with Crippen LogP contribution in [0, 0.1) is 0 Å². The lowest BCUT2D eigenvalue weighted by Crippen LogP contribution is -2.30. The maximum Gasteiger partial charge on any atom is 0.260 e. The molecule has 3 rings (SSSR count). The van der Waals surface area contributed by atoms with Gasteiger partial charge in [0.05, 0.1) is 4.91 Å². The first kappa shape index (κ1) is 20.1. The zero-order valence-corrected chi connectivity index (χ0v) is 17.3. The van der Waals surface area contributed by atoms with Gasteiger partial charge in [0, 0.05) is 36.1 Å². The highest BCUT2D eigenvalue weighted by atomic mass is 32.2. The highest BCUT2D eigenvalue weighted by Crippen LogP contribution is 2.33. The number of phenols is 1. The van der Waals surface area contributed by atoms with Crippen LogP contribution in [0.1, 0.15) is 31.9 Å². The summed E-state index contributed by atoms with van der Waals surface area (Å²) in [5.74, 6) is 0.0387. The standard InChI is InChI=1S/C22H27N3O2S/c1-4-15-7-10-17(11-8-15)23-22-24-21(27)20(28-22)13-16-9-12-18(14-19(16)26)25(5-2)6-3/h7-14,22-23,26H,4-6H2,1-3H3,(H,24,27)/b20-13-/t22-/m1/s1. The number of nitrogens with zero attached hydrogens (tertiary/aromatic N) is 1. The van der Waals surface area contributed by atoms with E-state index in [1.54, 1.807) is 12.1 Å². The van der Waals surface area contributed by atoms with Gasteiger partial charge in [-0.2, -0.15) is 0 Å². The second-order valence-electron chi connectivity index (χ2n) is 6.59. The molecule has 1 heterocycles. The monoisotopic (exact) mass is 397 g/mol. The number of benzene rings is 2. The summed E-state index contributed by atoms with van der Waals surface area (Å²) in [5, 5.41) is 16.6. The fourth-order valence-electron chi connectivity index (χ4n) is 3.13. The zero-order chi connectivity index (χ0) is 20.1. The molecule has 6 heteroatoms. The number of anilines is 2. The van der Waals surface area contributed by atoms with Crippen LogP contribution in [0.3, 0.4) is 0 Å². The first-order chi connectivity index (χ1) is 13.5. The predicted molar refractivity (Wildman–Crippen MR) is 119 cm³/mol. The first-order valence-corrected chi connectivity index (χ1v) is 10.5. The minimum absolute atomic E-state index is 0.139. The van der Waals surface area contributed by atoms with Crippen LogP contribution >= 0.6 is 11.8 Å². The van der Waals surface area contributed by atoms with E-state index in [9.17, 15) is 9.90 Å². The van der Waals surface area contributed by atoms with E-state index in [1.165, 1.54) is 17.3 Å². The molecule has 1 fully saturated rings. The van der Waals surface area contributed by atoms with Gasteiger partial charge in [0.1, 0.15) is 5.75 Å². The summed E-state index contributed by atoms with van der Waals surface area (Å²) in [5.41, 5.74) is 3.62. The molecule has 0 radical (unpaired) electrons. The Labute approximate surface area is 170 Å². The van der Waals surface area contributed by atoms with Crippen molar-refractivity contribution in [1.82, 2.24) is 5.32 Å². The second kappa shape index (κ2) is 9.06. The van der Waals surface area contributed by atoms with E-state index in [-0.39, 0.29) is 17.2 Å². The van der Waals surface area contributed by atoms with Crippen molar-refractivity contribution in [2.75, 3.05) is 23.3 Å². The van der Waals surface area contributed by atoms with E-state index in [0.29, 0.717) is 10.5 Å². The molecule has 0 unspecified atom stereocenters. The van der Waals surface area contributed by atoms with Crippen molar-refractivity contribution < 1.29 is 9.90 Å². The average Bonchev–Trinajstić information content (AvgIpc) is 3.04. The molecule has 1 atom stereocenters. The summed E-state index contributed by atoms with van der Waals surface area (Å²) in [7, 11) is 0. The van der Waals surface area contributed by atoms with Crippen molar-refractivity contribution in [1.29, 1.82) is 0 Å². The van der Waals surface area contributed by atoms with Crippen molar-refractivity contribution in [3.05, 3.63) is 58.5 Å². The Morgan fingerprint density at radius 1 is 1.14 bits per heavy atom. The highest BCUT2D eigenvalue weighted by Gasteiger charge is 2.27. The number of carbonyl (C=O) groups excluding carboxylic acids is 1. The zero-order valence-electron chi connectivity index (χ0n) is 16.5. The molecule has 0 aromatic heterocycles. The SMILES string of the molecule is CCc1ccc(N[C@@H]2NC(=O)/C(=C/c3ccc(N(CC)CC)cc3O)S2)cc1. The van der Waals surface area contributed by atoms with Gasteiger partial charge in [-0.05, 0) is 56.2 Å². The number of thioether (sulfide) groups is 1. The molecule has 1 aliphatic rings. The van der Waals surface area contributed by atoms with Gasteiger partial charge in [0.15, 0.2) is 5.50 Å². The second-order valence-corrected chi connectivity index (χ2v) is 7.74. The van der Waals surface area contributed by atoms with Crippen molar-refractivity contribution >= 4 is 35.1 Å². The lowest BCUT2D eigenvalue weighted by Gasteiger charge is -2.21. The highest BCUT2D eigenvalue weighted by molar-refractivity contribution is 8.05. The van der Waals surface area contributed by atoms with Gasteiger partial charge in [-0.1, -0.05) is 30.8 Å². The Morgan fingerprint density at radius 2 is 1.86 bits per heavy atom. The van der Waals surface area contributed by atoms with Gasteiger partial charge in [-0.15, -0.1) is 0 Å². The van der Waals surface area contributed by atoms with Crippen LogP contribution in [0.15, 0.2) is 47.4 Å². The van der Waals surface area contributed by atoms with Gasteiger partial charge in [-0.25, -0.2) is 0 Å². The molecule has 0 spiro atoms. The number of phenolic OH excluding ortho intramolecular Hbond substituents is 1. The Hall–Kier alpha value is -2.60. The lowest BCUT2D eigenvalue weighted by atomic mass is 10.1. The molecular weight excluding hydrogens is 370 g/mol. The molecule has 148 valence electrons. The molecule has 2 aromatic carbocycles. The van der Waals surface area contributed by atoms with Crippen molar-refractivity contribution in [2.45, 2.75) is 32.7 Å². The number of nitrogens with one attached hydrogen (secondary N) is 2. The molecule has 5 nitrogen and oxygen atoms in total. The molecule has 2 aromatic rings. The molecule has 0 aliphatic carbocycles. The van der Waals surface area contributed by atoms with Crippen LogP contribution in [0.2, 0.25) is 0 Å². The van der Waals surface area contributed by atoms with E-state index in [0.717, 1.165) is 30.9 Å². The molecule has 3 N–H and O–H groups in total. The number of aryl methyl sites for hydroxylation is 1. The summed E-state index contributed by atoms with van der Waals surface area (Å²) in [6, 6.07) is 13.8. The van der Waals surface area contributed by atoms with Crippen molar-refractivity contribution in [2.24, 2.45) is 0 Å². The quantitative estimate of drug-likeness (QED) is 0.605. The third-order valence-corrected chi connectivity index (χ3v) is 5.85. The third-order valence-electron chi connectivity index (χ3n) is 4.82. The van der Waals surface area contributed by atoms with Gasteiger partial charge < -0.3 is 20.6 Å². The van der Waals surface area contributed by atoms with Crippen LogP contribution < -0.4 is 15.5 Å². The number of carbonyl (C=O) groups is 1. The number of rotatable bonds is 7. The Kier molecular flexibility index (Phi) is 6.52. The summed E-state index contributed by atoms with van der Waals surface area (Å²) in [6.07, 6.45) is 2.74. The molecule has 0 saturated carbocycles. The molecular formula is C22H27N3O2S. The third kappa shape index (κ3) is 4.62. The molecule has 1 saturated heterocycles. The van der Waals surface area contributed by atoms with Crippen LogP contribution in [0.5, 0.6) is 5.75 Å².